The van der Waals surface area contributed by atoms with Gasteiger partial charge in [0.2, 0.25) is 5.91 Å². The van der Waals surface area contributed by atoms with Crippen LogP contribution in [0.5, 0.6) is 0 Å². The topological polar surface area (TPSA) is 55.6 Å². The molecule has 0 radical (unpaired) electrons. The standard InChI is InChI=1S/C15H22N2O2.ClH/c1-11(2)19-10-15(18)17-8-13(14(16)9-17)12-6-4-3-5-7-12;/h3-7,11,13-14H,8-10,16H2,1-2H3;1H/t13-,14+;/m0./s1. The summed E-state index contributed by atoms with van der Waals surface area (Å²) in [5.74, 6) is 0.256. The van der Waals surface area contributed by atoms with Gasteiger partial charge in [-0.1, -0.05) is 30.3 Å². The number of nitrogens with two attached hydrogens (primary N) is 1. The Morgan fingerprint density at radius 2 is 2.00 bits per heavy atom. The lowest BCUT2D eigenvalue weighted by Gasteiger charge is -2.17. The molecule has 2 N–H and O–H groups in total. The first-order chi connectivity index (χ1) is 9.08. The summed E-state index contributed by atoms with van der Waals surface area (Å²) in [5.41, 5.74) is 7.36. The minimum atomic E-state index is 0. The lowest BCUT2D eigenvalue weighted by Crippen LogP contribution is -2.35. The van der Waals surface area contributed by atoms with E-state index in [1.165, 1.54) is 5.56 Å². The number of hydrogen-bond donors (Lipinski definition) is 1. The summed E-state index contributed by atoms with van der Waals surface area (Å²) < 4.78 is 5.36. The fourth-order valence-corrected chi connectivity index (χ4v) is 2.41. The Balaban J connectivity index is 0.00000200. The van der Waals surface area contributed by atoms with E-state index in [0.717, 1.165) is 0 Å². The number of carbonyl (C=O) groups excluding carboxylic acids is 1. The predicted octanol–water partition coefficient (Wildman–Crippen LogP) is 1.79. The molecule has 1 heterocycles. The Kier molecular flexibility index (Phi) is 6.46. The highest BCUT2D eigenvalue weighted by atomic mass is 35.5. The van der Waals surface area contributed by atoms with Gasteiger partial charge in [-0.25, -0.2) is 0 Å². The van der Waals surface area contributed by atoms with Crippen LogP contribution in [0.2, 0.25) is 0 Å². The maximum atomic E-state index is 12.0. The van der Waals surface area contributed by atoms with E-state index in [9.17, 15) is 4.79 Å². The Labute approximate surface area is 126 Å². The molecule has 1 aromatic rings. The molecule has 2 rings (SSSR count). The zero-order valence-electron chi connectivity index (χ0n) is 12.0. The summed E-state index contributed by atoms with van der Waals surface area (Å²) in [6.45, 7) is 5.29. The molecule has 1 aliphatic heterocycles. The van der Waals surface area contributed by atoms with E-state index in [1.807, 2.05) is 36.9 Å². The molecule has 2 atom stereocenters. The van der Waals surface area contributed by atoms with Gasteiger partial charge in [-0.15, -0.1) is 12.4 Å². The molecule has 1 aliphatic rings. The van der Waals surface area contributed by atoms with Gasteiger partial charge in [0.05, 0.1) is 6.10 Å². The van der Waals surface area contributed by atoms with Crippen LogP contribution >= 0.6 is 12.4 Å². The average Bonchev–Trinajstić information content (AvgIpc) is 2.79. The van der Waals surface area contributed by atoms with Crippen molar-refractivity contribution in [1.29, 1.82) is 0 Å². The molecule has 0 aliphatic carbocycles. The first kappa shape index (κ1) is 17.0. The number of carbonyl (C=O) groups is 1. The van der Waals surface area contributed by atoms with Crippen molar-refractivity contribution in [2.45, 2.75) is 31.9 Å². The smallest absolute Gasteiger partial charge is 0.248 e. The van der Waals surface area contributed by atoms with E-state index in [2.05, 4.69) is 12.1 Å². The molecule has 1 saturated heterocycles. The largest absolute Gasteiger partial charge is 0.369 e. The molecule has 0 saturated carbocycles. The SMILES string of the molecule is CC(C)OCC(=O)N1C[C@@H](N)[C@H](c2ccccc2)C1.Cl. The van der Waals surface area contributed by atoms with E-state index in [4.69, 9.17) is 10.5 Å². The minimum absolute atomic E-state index is 0. The summed E-state index contributed by atoms with van der Waals surface area (Å²) >= 11 is 0. The van der Waals surface area contributed by atoms with Crippen LogP contribution in [0.25, 0.3) is 0 Å². The normalized spacial score (nSPS) is 21.9. The molecule has 20 heavy (non-hydrogen) atoms. The quantitative estimate of drug-likeness (QED) is 0.922. The Morgan fingerprint density at radius 3 is 2.60 bits per heavy atom. The van der Waals surface area contributed by atoms with Crippen molar-refractivity contribution in [2.24, 2.45) is 5.73 Å². The maximum absolute atomic E-state index is 12.0. The fourth-order valence-electron chi connectivity index (χ4n) is 2.41. The number of rotatable bonds is 4. The number of benzene rings is 1. The van der Waals surface area contributed by atoms with E-state index >= 15 is 0 Å². The molecule has 5 heteroatoms. The van der Waals surface area contributed by atoms with Crippen molar-refractivity contribution in [2.75, 3.05) is 19.7 Å². The van der Waals surface area contributed by atoms with Crippen LogP contribution in [0.15, 0.2) is 30.3 Å². The highest BCUT2D eigenvalue weighted by Crippen LogP contribution is 2.26. The molecule has 1 aromatic carbocycles. The van der Waals surface area contributed by atoms with Gasteiger partial charge in [-0.05, 0) is 19.4 Å². The molecule has 1 fully saturated rings. The highest BCUT2D eigenvalue weighted by Gasteiger charge is 2.33. The van der Waals surface area contributed by atoms with E-state index in [-0.39, 0.29) is 43.0 Å². The van der Waals surface area contributed by atoms with Gasteiger partial charge in [0.15, 0.2) is 0 Å². The van der Waals surface area contributed by atoms with E-state index in [0.29, 0.717) is 13.1 Å². The van der Waals surface area contributed by atoms with Crippen LogP contribution in [-0.2, 0) is 9.53 Å². The average molecular weight is 299 g/mol. The second-order valence-corrected chi connectivity index (χ2v) is 5.34. The zero-order chi connectivity index (χ0) is 13.8. The van der Waals surface area contributed by atoms with Crippen LogP contribution in [-0.4, -0.2) is 42.6 Å². The summed E-state index contributed by atoms with van der Waals surface area (Å²) in [4.78, 5) is 13.8. The minimum Gasteiger partial charge on any atom is -0.369 e. The molecule has 4 nitrogen and oxygen atoms in total. The van der Waals surface area contributed by atoms with Crippen molar-refractivity contribution in [1.82, 2.24) is 4.90 Å². The van der Waals surface area contributed by atoms with Crippen LogP contribution in [0.3, 0.4) is 0 Å². The molecular formula is C15H23ClN2O2. The van der Waals surface area contributed by atoms with Crippen molar-refractivity contribution < 1.29 is 9.53 Å². The summed E-state index contributed by atoms with van der Waals surface area (Å²) in [5, 5.41) is 0. The van der Waals surface area contributed by atoms with Gasteiger partial charge in [0.1, 0.15) is 6.61 Å². The van der Waals surface area contributed by atoms with Gasteiger partial charge in [0.25, 0.3) is 0 Å². The van der Waals surface area contributed by atoms with E-state index < -0.39 is 0 Å². The summed E-state index contributed by atoms with van der Waals surface area (Å²) in [6, 6.07) is 10.2. The van der Waals surface area contributed by atoms with Gasteiger partial charge >= 0.3 is 0 Å². The first-order valence-electron chi connectivity index (χ1n) is 6.78. The van der Waals surface area contributed by atoms with Crippen LogP contribution < -0.4 is 5.73 Å². The molecule has 0 spiro atoms. The number of halogens is 1. The van der Waals surface area contributed by atoms with Crippen molar-refractivity contribution >= 4 is 18.3 Å². The van der Waals surface area contributed by atoms with Crippen LogP contribution in [0.1, 0.15) is 25.3 Å². The lowest BCUT2D eigenvalue weighted by molar-refractivity contribution is -0.136. The zero-order valence-corrected chi connectivity index (χ0v) is 12.8. The predicted molar refractivity (Wildman–Crippen MR) is 82.1 cm³/mol. The third-order valence-electron chi connectivity index (χ3n) is 3.49. The Hall–Kier alpha value is -1.10. The number of likely N-dealkylation sites (tertiary alicyclic amines) is 1. The Bertz CT molecular complexity index is 425. The van der Waals surface area contributed by atoms with Crippen molar-refractivity contribution in [3.63, 3.8) is 0 Å². The third kappa shape index (κ3) is 4.20. The monoisotopic (exact) mass is 298 g/mol. The molecule has 0 bridgehead atoms. The number of ether oxygens (including phenoxy) is 1. The molecular weight excluding hydrogens is 276 g/mol. The highest BCUT2D eigenvalue weighted by molar-refractivity contribution is 5.85. The Morgan fingerprint density at radius 1 is 1.35 bits per heavy atom. The van der Waals surface area contributed by atoms with Crippen molar-refractivity contribution in [3.05, 3.63) is 35.9 Å². The summed E-state index contributed by atoms with van der Waals surface area (Å²) in [7, 11) is 0. The van der Waals surface area contributed by atoms with Gasteiger partial charge in [-0.3, -0.25) is 4.79 Å². The lowest BCUT2D eigenvalue weighted by atomic mass is 9.95. The number of amides is 1. The first-order valence-corrected chi connectivity index (χ1v) is 6.78. The second-order valence-electron chi connectivity index (χ2n) is 5.34. The maximum Gasteiger partial charge on any atom is 0.248 e. The second kappa shape index (κ2) is 7.62. The van der Waals surface area contributed by atoms with Crippen molar-refractivity contribution in [3.8, 4) is 0 Å². The molecule has 0 unspecified atom stereocenters. The number of nitrogens with zero attached hydrogens (tertiary/aromatic N) is 1. The van der Waals surface area contributed by atoms with Crippen LogP contribution in [0, 0.1) is 0 Å². The number of hydrogen-bond acceptors (Lipinski definition) is 3. The van der Waals surface area contributed by atoms with Gasteiger partial charge < -0.3 is 15.4 Å². The van der Waals surface area contributed by atoms with Gasteiger partial charge in [-0.2, -0.15) is 0 Å². The van der Waals surface area contributed by atoms with Crippen LogP contribution in [0.4, 0.5) is 0 Å². The fraction of sp³-hybridized carbons (Fsp3) is 0.533. The summed E-state index contributed by atoms with van der Waals surface area (Å²) in [6.07, 6.45) is 0.0742. The molecule has 1 amide bonds. The molecule has 0 aromatic heterocycles. The van der Waals surface area contributed by atoms with E-state index in [1.54, 1.807) is 0 Å². The van der Waals surface area contributed by atoms with Gasteiger partial charge in [0, 0.05) is 25.0 Å². The third-order valence-corrected chi connectivity index (χ3v) is 3.49. The molecule has 112 valence electrons.